The summed E-state index contributed by atoms with van der Waals surface area (Å²) in [5.74, 6) is -0.0286. The molecule has 0 aliphatic heterocycles. The molecule has 2 atom stereocenters. The molecular weight excluding hydrogens is 460 g/mol. The van der Waals surface area contributed by atoms with Crippen molar-refractivity contribution in [2.75, 3.05) is 17.7 Å². The minimum Gasteiger partial charge on any atom is -0.495 e. The average molecular weight is 487 g/mol. The summed E-state index contributed by atoms with van der Waals surface area (Å²) in [5, 5.41) is 3.30. The molecule has 3 aromatic rings. The van der Waals surface area contributed by atoms with Crippen molar-refractivity contribution in [1.82, 2.24) is 5.32 Å². The van der Waals surface area contributed by atoms with Crippen LogP contribution in [0.15, 0.2) is 72.8 Å². The number of halogens is 1. The van der Waals surface area contributed by atoms with Gasteiger partial charge < -0.3 is 10.1 Å². The molecule has 0 saturated carbocycles. The zero-order chi connectivity index (χ0) is 24.2. The molecule has 3 aromatic carbocycles. The fraction of sp³-hybridized carbons (Fsp3) is 0.240. The fourth-order valence-electron chi connectivity index (χ4n) is 3.76. The Balaban J connectivity index is 1.98. The highest BCUT2D eigenvalue weighted by Crippen LogP contribution is 2.32. The molecular formula is C25H27ClN2O4S. The first-order chi connectivity index (χ1) is 15.6. The maximum absolute atomic E-state index is 13.4. The minimum absolute atomic E-state index is 0.248. The number of ether oxygens (including phenoxy) is 1. The lowest BCUT2D eigenvalue weighted by Crippen LogP contribution is -2.48. The van der Waals surface area contributed by atoms with Crippen molar-refractivity contribution in [2.24, 2.45) is 0 Å². The van der Waals surface area contributed by atoms with Crippen molar-refractivity contribution >= 4 is 33.2 Å². The van der Waals surface area contributed by atoms with Crippen LogP contribution in [-0.2, 0) is 14.8 Å². The second-order valence-electron chi connectivity index (χ2n) is 7.76. The number of anilines is 1. The fourth-order valence-corrected chi connectivity index (χ4v) is 5.18. The SMILES string of the molecule is COc1ccc(N(C(C)C(=O)NC(c2ccccc2)c2ccccc2C)S(C)(=O)=O)cc1Cl. The molecule has 1 amide bonds. The monoisotopic (exact) mass is 486 g/mol. The van der Waals surface area contributed by atoms with E-state index in [-0.39, 0.29) is 10.7 Å². The van der Waals surface area contributed by atoms with Crippen molar-refractivity contribution in [2.45, 2.75) is 25.9 Å². The van der Waals surface area contributed by atoms with Gasteiger partial charge in [-0.3, -0.25) is 9.10 Å². The van der Waals surface area contributed by atoms with Gasteiger partial charge in [0.25, 0.3) is 0 Å². The van der Waals surface area contributed by atoms with E-state index in [0.717, 1.165) is 27.3 Å². The highest BCUT2D eigenvalue weighted by atomic mass is 35.5. The Hall–Kier alpha value is -3.03. The number of methoxy groups -OCH3 is 1. The Morgan fingerprint density at radius 1 is 1.03 bits per heavy atom. The van der Waals surface area contributed by atoms with Crippen LogP contribution < -0.4 is 14.4 Å². The van der Waals surface area contributed by atoms with Crippen molar-refractivity contribution in [3.05, 3.63) is 94.5 Å². The van der Waals surface area contributed by atoms with Gasteiger partial charge in [0.1, 0.15) is 11.8 Å². The summed E-state index contributed by atoms with van der Waals surface area (Å²) in [6, 6.07) is 20.5. The summed E-state index contributed by atoms with van der Waals surface area (Å²) in [6.07, 6.45) is 1.06. The lowest BCUT2D eigenvalue weighted by atomic mass is 9.94. The molecule has 2 unspecified atom stereocenters. The molecule has 0 aliphatic carbocycles. The van der Waals surface area contributed by atoms with E-state index < -0.39 is 28.0 Å². The van der Waals surface area contributed by atoms with Crippen LogP contribution in [0.1, 0.15) is 29.7 Å². The van der Waals surface area contributed by atoms with Crippen molar-refractivity contribution in [1.29, 1.82) is 0 Å². The maximum atomic E-state index is 13.4. The Kier molecular flexibility index (Phi) is 7.66. The predicted molar refractivity (Wildman–Crippen MR) is 132 cm³/mol. The standard InChI is InChI=1S/C25H27ClN2O4S/c1-17-10-8-9-13-21(17)24(19-11-6-5-7-12-19)27-25(29)18(2)28(33(4,30)31)20-14-15-23(32-3)22(26)16-20/h5-16,18,24H,1-4H3,(H,27,29). The normalized spacial score (nSPS) is 13.1. The number of nitrogens with zero attached hydrogens (tertiary/aromatic N) is 1. The first-order valence-electron chi connectivity index (χ1n) is 10.4. The molecule has 1 N–H and O–H groups in total. The van der Waals surface area contributed by atoms with Crippen LogP contribution >= 0.6 is 11.6 Å². The summed E-state index contributed by atoms with van der Waals surface area (Å²) in [7, 11) is -2.33. The number of carbonyl (C=O) groups is 1. The molecule has 0 saturated heterocycles. The number of aryl methyl sites for hydroxylation is 1. The summed E-state index contributed by atoms with van der Waals surface area (Å²) in [5.41, 5.74) is 3.12. The van der Waals surface area contributed by atoms with Crippen molar-refractivity contribution < 1.29 is 17.9 Å². The van der Waals surface area contributed by atoms with Crippen LogP contribution in [0, 0.1) is 6.92 Å². The van der Waals surface area contributed by atoms with E-state index in [0.29, 0.717) is 5.75 Å². The predicted octanol–water partition coefficient (Wildman–Crippen LogP) is 4.72. The number of amides is 1. The third-order valence-corrected chi connectivity index (χ3v) is 6.93. The Labute approximate surface area is 200 Å². The molecule has 174 valence electrons. The Morgan fingerprint density at radius 3 is 2.24 bits per heavy atom. The molecule has 33 heavy (non-hydrogen) atoms. The number of carbonyl (C=O) groups excluding carboxylic acids is 1. The molecule has 0 aliphatic rings. The van der Waals surface area contributed by atoms with E-state index in [2.05, 4.69) is 5.32 Å². The smallest absolute Gasteiger partial charge is 0.244 e. The number of nitrogens with one attached hydrogen (secondary N) is 1. The molecule has 0 heterocycles. The Bertz CT molecular complexity index is 1230. The van der Waals surface area contributed by atoms with Gasteiger partial charge >= 0.3 is 0 Å². The number of hydrogen-bond donors (Lipinski definition) is 1. The summed E-state index contributed by atoms with van der Waals surface area (Å²) < 4.78 is 31.6. The molecule has 0 bridgehead atoms. The van der Waals surface area contributed by atoms with E-state index in [1.807, 2.05) is 61.5 Å². The lowest BCUT2D eigenvalue weighted by Gasteiger charge is -2.30. The number of benzene rings is 3. The number of hydrogen-bond acceptors (Lipinski definition) is 4. The summed E-state index contributed by atoms with van der Waals surface area (Å²) in [4.78, 5) is 13.4. The van der Waals surface area contributed by atoms with E-state index in [1.54, 1.807) is 19.1 Å². The van der Waals surface area contributed by atoms with Crippen LogP contribution in [0.4, 0.5) is 5.69 Å². The van der Waals surface area contributed by atoms with Gasteiger partial charge in [-0.1, -0.05) is 66.2 Å². The van der Waals surface area contributed by atoms with Crippen LogP contribution in [0.3, 0.4) is 0 Å². The molecule has 6 nitrogen and oxygen atoms in total. The zero-order valence-corrected chi connectivity index (χ0v) is 20.5. The molecule has 0 fully saturated rings. The quantitative estimate of drug-likeness (QED) is 0.500. The second-order valence-corrected chi connectivity index (χ2v) is 10.0. The van der Waals surface area contributed by atoms with Crippen molar-refractivity contribution in [3.8, 4) is 5.75 Å². The van der Waals surface area contributed by atoms with Gasteiger partial charge in [-0.2, -0.15) is 0 Å². The van der Waals surface area contributed by atoms with Gasteiger partial charge in [0.05, 0.1) is 30.1 Å². The van der Waals surface area contributed by atoms with Gasteiger partial charge in [0, 0.05) is 0 Å². The molecule has 8 heteroatoms. The van der Waals surface area contributed by atoms with E-state index in [9.17, 15) is 13.2 Å². The molecule has 0 spiro atoms. The van der Waals surface area contributed by atoms with Crippen molar-refractivity contribution in [3.63, 3.8) is 0 Å². The summed E-state index contributed by atoms with van der Waals surface area (Å²) >= 11 is 6.22. The average Bonchev–Trinajstić information content (AvgIpc) is 2.78. The van der Waals surface area contributed by atoms with Gasteiger partial charge in [0.15, 0.2) is 0 Å². The molecule has 0 radical (unpaired) electrons. The molecule has 3 rings (SSSR count). The van der Waals surface area contributed by atoms with E-state index in [4.69, 9.17) is 16.3 Å². The third-order valence-electron chi connectivity index (χ3n) is 5.40. The lowest BCUT2D eigenvalue weighted by molar-refractivity contribution is -0.122. The number of rotatable bonds is 8. The zero-order valence-electron chi connectivity index (χ0n) is 18.9. The van der Waals surface area contributed by atoms with Crippen LogP contribution in [0.5, 0.6) is 5.75 Å². The van der Waals surface area contributed by atoms with Gasteiger partial charge in [-0.15, -0.1) is 0 Å². The second kappa shape index (κ2) is 10.3. The third kappa shape index (κ3) is 5.67. The molecule has 0 aromatic heterocycles. The number of sulfonamides is 1. The Morgan fingerprint density at radius 2 is 1.67 bits per heavy atom. The van der Waals surface area contributed by atoms with Gasteiger partial charge in [-0.25, -0.2) is 8.42 Å². The van der Waals surface area contributed by atoms with Gasteiger partial charge in [-0.05, 0) is 48.7 Å². The first-order valence-corrected chi connectivity index (χ1v) is 12.6. The minimum atomic E-state index is -3.80. The van der Waals surface area contributed by atoms with E-state index in [1.165, 1.54) is 13.2 Å². The van der Waals surface area contributed by atoms with E-state index >= 15 is 0 Å². The topological polar surface area (TPSA) is 75.7 Å². The van der Waals surface area contributed by atoms with Crippen LogP contribution in [-0.4, -0.2) is 33.7 Å². The van der Waals surface area contributed by atoms with Gasteiger partial charge in [0.2, 0.25) is 15.9 Å². The first kappa shape index (κ1) is 24.6. The maximum Gasteiger partial charge on any atom is 0.244 e. The van der Waals surface area contributed by atoms with Crippen LogP contribution in [0.2, 0.25) is 5.02 Å². The van der Waals surface area contributed by atoms with Crippen LogP contribution in [0.25, 0.3) is 0 Å². The highest BCUT2D eigenvalue weighted by Gasteiger charge is 2.31. The summed E-state index contributed by atoms with van der Waals surface area (Å²) in [6.45, 7) is 3.53. The highest BCUT2D eigenvalue weighted by molar-refractivity contribution is 7.92. The largest absolute Gasteiger partial charge is 0.495 e.